The predicted molar refractivity (Wildman–Crippen MR) is 77.5 cm³/mol. The second-order valence-electron chi connectivity index (χ2n) is 5.53. The fourth-order valence-electron chi connectivity index (χ4n) is 3.30. The van der Waals surface area contributed by atoms with Gasteiger partial charge in [-0.15, -0.1) is 0 Å². The van der Waals surface area contributed by atoms with Crippen molar-refractivity contribution < 1.29 is 19.7 Å². The molecule has 3 saturated heterocycles. The molecule has 0 aromatic carbocycles. The Morgan fingerprint density at radius 1 is 1.11 bits per heavy atom. The van der Waals surface area contributed by atoms with Crippen LogP contribution in [0.3, 0.4) is 0 Å². The SMILES string of the molecule is O[C@H]([C@H]1CSCC[C@@H]1O)[C@@H]1CSCCC12OCCO2. The van der Waals surface area contributed by atoms with Crippen LogP contribution >= 0.6 is 23.5 Å². The number of aliphatic hydroxyl groups is 2. The lowest BCUT2D eigenvalue weighted by atomic mass is 9.82. The zero-order valence-electron chi connectivity index (χ0n) is 11.0. The summed E-state index contributed by atoms with van der Waals surface area (Å²) in [5, 5.41) is 20.9. The molecule has 4 atom stereocenters. The largest absolute Gasteiger partial charge is 0.393 e. The van der Waals surface area contributed by atoms with Crippen molar-refractivity contribution in [2.24, 2.45) is 11.8 Å². The molecular weight excluding hydrogens is 284 g/mol. The minimum atomic E-state index is -0.591. The molecule has 0 saturated carbocycles. The van der Waals surface area contributed by atoms with Crippen molar-refractivity contribution in [1.29, 1.82) is 0 Å². The van der Waals surface area contributed by atoms with E-state index in [2.05, 4.69) is 0 Å². The Morgan fingerprint density at radius 2 is 1.84 bits per heavy atom. The van der Waals surface area contributed by atoms with Crippen molar-refractivity contribution in [3.8, 4) is 0 Å². The van der Waals surface area contributed by atoms with E-state index in [9.17, 15) is 10.2 Å². The van der Waals surface area contributed by atoms with Gasteiger partial charge in [0, 0.05) is 29.8 Å². The Morgan fingerprint density at radius 3 is 2.58 bits per heavy atom. The topological polar surface area (TPSA) is 58.9 Å². The Hall–Kier alpha value is 0.540. The van der Waals surface area contributed by atoms with Crippen LogP contribution < -0.4 is 0 Å². The van der Waals surface area contributed by atoms with E-state index in [0.717, 1.165) is 35.9 Å². The smallest absolute Gasteiger partial charge is 0.175 e. The first-order chi connectivity index (χ1) is 9.23. The van der Waals surface area contributed by atoms with Crippen LogP contribution in [0.4, 0.5) is 0 Å². The van der Waals surface area contributed by atoms with Gasteiger partial charge < -0.3 is 19.7 Å². The van der Waals surface area contributed by atoms with Gasteiger partial charge in [-0.1, -0.05) is 0 Å². The molecule has 0 unspecified atom stereocenters. The van der Waals surface area contributed by atoms with Crippen molar-refractivity contribution in [2.45, 2.75) is 30.8 Å². The third-order valence-electron chi connectivity index (χ3n) is 4.45. The lowest BCUT2D eigenvalue weighted by molar-refractivity contribution is -0.221. The molecule has 3 heterocycles. The van der Waals surface area contributed by atoms with E-state index < -0.39 is 11.9 Å². The first-order valence-electron chi connectivity index (χ1n) is 7.02. The molecule has 0 aliphatic carbocycles. The van der Waals surface area contributed by atoms with E-state index in [0.29, 0.717) is 13.2 Å². The molecule has 1 spiro atoms. The normalized spacial score (nSPS) is 40.4. The van der Waals surface area contributed by atoms with E-state index in [1.165, 1.54) is 0 Å². The number of hydrogen-bond acceptors (Lipinski definition) is 6. The molecule has 3 rings (SSSR count). The van der Waals surface area contributed by atoms with Crippen LogP contribution in [0.5, 0.6) is 0 Å². The summed E-state index contributed by atoms with van der Waals surface area (Å²) in [6.45, 7) is 1.24. The summed E-state index contributed by atoms with van der Waals surface area (Å²) < 4.78 is 11.7. The summed E-state index contributed by atoms with van der Waals surface area (Å²) in [5.74, 6) is 3.04. The van der Waals surface area contributed by atoms with Gasteiger partial charge in [-0.05, 0) is 17.9 Å². The van der Waals surface area contributed by atoms with Gasteiger partial charge >= 0.3 is 0 Å². The van der Waals surface area contributed by atoms with Crippen LogP contribution in [0.2, 0.25) is 0 Å². The molecule has 0 bridgehead atoms. The minimum Gasteiger partial charge on any atom is -0.393 e. The first kappa shape index (κ1) is 14.5. The van der Waals surface area contributed by atoms with E-state index in [4.69, 9.17) is 9.47 Å². The van der Waals surface area contributed by atoms with Crippen LogP contribution in [0.25, 0.3) is 0 Å². The highest BCUT2D eigenvalue weighted by Crippen LogP contribution is 2.43. The van der Waals surface area contributed by atoms with Gasteiger partial charge in [0.2, 0.25) is 0 Å². The van der Waals surface area contributed by atoms with Gasteiger partial charge in [-0.3, -0.25) is 0 Å². The average molecular weight is 306 g/mol. The van der Waals surface area contributed by atoms with E-state index >= 15 is 0 Å². The van der Waals surface area contributed by atoms with Crippen molar-refractivity contribution in [3.05, 3.63) is 0 Å². The molecule has 0 aromatic heterocycles. The number of rotatable bonds is 2. The monoisotopic (exact) mass is 306 g/mol. The Bertz CT molecular complexity index is 309. The molecule has 19 heavy (non-hydrogen) atoms. The van der Waals surface area contributed by atoms with E-state index in [1.54, 1.807) is 0 Å². The molecule has 3 aliphatic rings. The molecule has 0 aromatic rings. The van der Waals surface area contributed by atoms with Crippen molar-refractivity contribution in [3.63, 3.8) is 0 Å². The quantitative estimate of drug-likeness (QED) is 0.792. The fraction of sp³-hybridized carbons (Fsp3) is 1.00. The second kappa shape index (κ2) is 6.12. The maximum atomic E-state index is 10.7. The molecule has 0 radical (unpaired) electrons. The maximum Gasteiger partial charge on any atom is 0.175 e. The summed E-state index contributed by atoms with van der Waals surface area (Å²) in [7, 11) is 0. The first-order valence-corrected chi connectivity index (χ1v) is 9.33. The number of ether oxygens (including phenoxy) is 2. The van der Waals surface area contributed by atoms with Crippen LogP contribution in [-0.4, -0.2) is 64.4 Å². The number of thioether (sulfide) groups is 2. The van der Waals surface area contributed by atoms with Crippen molar-refractivity contribution in [1.82, 2.24) is 0 Å². The van der Waals surface area contributed by atoms with E-state index in [1.807, 2.05) is 23.5 Å². The average Bonchev–Trinajstić information content (AvgIpc) is 2.88. The standard InChI is InChI=1S/C13H22O4S2/c14-11-1-5-18-7-9(11)12(15)10-8-19-6-2-13(10)16-3-4-17-13/h9-12,14-15H,1-8H2/t9-,10-,11-,12+/m0/s1. The molecule has 3 aliphatic heterocycles. The Balaban J connectivity index is 1.74. The van der Waals surface area contributed by atoms with E-state index in [-0.39, 0.29) is 17.9 Å². The zero-order valence-corrected chi connectivity index (χ0v) is 12.6. The van der Waals surface area contributed by atoms with Gasteiger partial charge in [-0.25, -0.2) is 0 Å². The fourth-order valence-corrected chi connectivity index (χ4v) is 5.86. The molecule has 4 nitrogen and oxygen atoms in total. The highest BCUT2D eigenvalue weighted by atomic mass is 32.2. The van der Waals surface area contributed by atoms with Gasteiger partial charge in [0.15, 0.2) is 5.79 Å². The molecule has 2 N–H and O–H groups in total. The van der Waals surface area contributed by atoms with Gasteiger partial charge in [0.1, 0.15) is 0 Å². The Kier molecular flexibility index (Phi) is 4.66. The third-order valence-corrected chi connectivity index (χ3v) is 6.68. The third kappa shape index (κ3) is 2.80. The summed E-state index contributed by atoms with van der Waals surface area (Å²) in [6.07, 6.45) is 0.700. The maximum absolute atomic E-state index is 10.7. The highest BCUT2D eigenvalue weighted by molar-refractivity contribution is 7.99. The molecule has 3 fully saturated rings. The number of hydrogen-bond donors (Lipinski definition) is 2. The molecule has 0 amide bonds. The van der Waals surface area contributed by atoms with Crippen molar-refractivity contribution in [2.75, 3.05) is 36.2 Å². The summed E-state index contributed by atoms with van der Waals surface area (Å²) in [6, 6.07) is 0. The molecule has 6 heteroatoms. The summed E-state index contributed by atoms with van der Waals surface area (Å²) in [4.78, 5) is 0. The highest BCUT2D eigenvalue weighted by Gasteiger charge is 2.51. The molecule has 110 valence electrons. The van der Waals surface area contributed by atoms with Crippen LogP contribution in [0.15, 0.2) is 0 Å². The second-order valence-corrected chi connectivity index (χ2v) is 7.83. The summed E-state index contributed by atoms with van der Waals surface area (Å²) >= 11 is 3.67. The predicted octanol–water partition coefficient (Wildman–Crippen LogP) is 0.958. The van der Waals surface area contributed by atoms with Crippen LogP contribution in [-0.2, 0) is 9.47 Å². The summed E-state index contributed by atoms with van der Waals surface area (Å²) in [5.41, 5.74) is 0. The lowest BCUT2D eigenvalue weighted by Gasteiger charge is -2.44. The minimum absolute atomic E-state index is 0.0212. The zero-order chi connectivity index (χ0) is 13.3. The van der Waals surface area contributed by atoms with Gasteiger partial charge in [-0.2, -0.15) is 23.5 Å². The van der Waals surface area contributed by atoms with Crippen LogP contribution in [0, 0.1) is 11.8 Å². The van der Waals surface area contributed by atoms with Crippen molar-refractivity contribution >= 4 is 23.5 Å². The van der Waals surface area contributed by atoms with Crippen LogP contribution in [0.1, 0.15) is 12.8 Å². The lowest BCUT2D eigenvalue weighted by Crippen LogP contribution is -2.54. The van der Waals surface area contributed by atoms with Gasteiger partial charge in [0.25, 0.3) is 0 Å². The van der Waals surface area contributed by atoms with Gasteiger partial charge in [0.05, 0.1) is 25.4 Å². The number of aliphatic hydroxyl groups excluding tert-OH is 2. The molecular formula is C13H22O4S2. The Labute approximate surface area is 122 Å².